The number of rotatable bonds is 12. The smallest absolute Gasteiger partial charge is 0.407 e. The van der Waals surface area contributed by atoms with Crippen LogP contribution < -0.4 is 20.1 Å². The van der Waals surface area contributed by atoms with Gasteiger partial charge in [0.15, 0.2) is 0 Å². The van der Waals surface area contributed by atoms with E-state index in [1.165, 1.54) is 11.1 Å². The maximum Gasteiger partial charge on any atom is 0.407 e. The van der Waals surface area contributed by atoms with E-state index < -0.39 is 17.4 Å². The quantitative estimate of drug-likeness (QED) is 0.194. The number of aliphatic hydroxyl groups excluding tert-OH is 1. The van der Waals surface area contributed by atoms with Gasteiger partial charge in [-0.05, 0) is 143 Å². The number of fused-ring (bicyclic) bond motifs is 2. The van der Waals surface area contributed by atoms with Gasteiger partial charge in [0.2, 0.25) is 11.8 Å². The summed E-state index contributed by atoms with van der Waals surface area (Å²) in [6.45, 7) is 21.0. The van der Waals surface area contributed by atoms with Crippen LogP contribution in [0.15, 0.2) is 24.3 Å². The summed E-state index contributed by atoms with van der Waals surface area (Å²) in [7, 11) is 0. The predicted molar refractivity (Wildman–Crippen MR) is 240 cm³/mol. The molecule has 2 atom stereocenters. The third kappa shape index (κ3) is 16.4. The third-order valence-corrected chi connectivity index (χ3v) is 12.3. The van der Waals surface area contributed by atoms with Gasteiger partial charge in [-0.1, -0.05) is 12.1 Å². The van der Waals surface area contributed by atoms with Crippen molar-refractivity contribution >= 4 is 12.2 Å². The van der Waals surface area contributed by atoms with Crippen LogP contribution in [0.3, 0.4) is 0 Å². The second-order valence-electron chi connectivity index (χ2n) is 19.6. The fourth-order valence-corrected chi connectivity index (χ4v) is 9.07. The van der Waals surface area contributed by atoms with E-state index in [1.807, 2.05) is 67.5 Å². The molecule has 2 fully saturated rings. The molecule has 4 aliphatic rings. The lowest BCUT2D eigenvalue weighted by atomic mass is 9.82. The van der Waals surface area contributed by atoms with E-state index in [9.17, 15) is 14.7 Å². The number of nitrogens with one attached hydrogen (secondary N) is 2. The fourth-order valence-electron chi connectivity index (χ4n) is 9.07. The maximum atomic E-state index is 15.1. The summed E-state index contributed by atoms with van der Waals surface area (Å²) in [5.41, 5.74) is 3.75. The molecule has 4 heterocycles. The Bertz CT molecular complexity index is 1580. The molecule has 2 aliphatic carbocycles. The lowest BCUT2D eigenvalue weighted by Crippen LogP contribution is -2.44. The summed E-state index contributed by atoms with van der Waals surface area (Å²) in [5, 5.41) is 16.8. The fraction of sp³-hybridized carbons (Fsp3) is 0.750. The molecule has 62 heavy (non-hydrogen) atoms. The number of hydrogen-bond acceptors (Lipinski definition) is 11. The molecule has 0 spiro atoms. The molecular weight excluding hydrogens is 792 g/mol. The van der Waals surface area contributed by atoms with Crippen molar-refractivity contribution < 1.29 is 38.0 Å². The van der Waals surface area contributed by atoms with Crippen LogP contribution in [0.25, 0.3) is 0 Å². The Balaban J connectivity index is 0.000000234. The van der Waals surface area contributed by atoms with E-state index in [2.05, 4.69) is 42.5 Å². The highest BCUT2D eigenvalue weighted by atomic mass is 19.1. The first kappa shape index (κ1) is 49.3. The van der Waals surface area contributed by atoms with Gasteiger partial charge in [0.05, 0.1) is 19.3 Å². The number of ether oxygens (including phenoxy) is 4. The molecular formula is C48H77FN6O7. The summed E-state index contributed by atoms with van der Waals surface area (Å²) in [5.74, 6) is 1.72. The number of pyridine rings is 2. The number of carbonyl (C=O) groups excluding carboxylic acids is 2. The highest BCUT2D eigenvalue weighted by molar-refractivity contribution is 5.68. The van der Waals surface area contributed by atoms with Gasteiger partial charge in [0, 0.05) is 87.7 Å². The van der Waals surface area contributed by atoms with Crippen molar-refractivity contribution in [2.75, 3.05) is 52.5 Å². The number of alkyl carbamates (subject to hydrolysis) is 2. The van der Waals surface area contributed by atoms with Crippen molar-refractivity contribution in [3.63, 3.8) is 0 Å². The monoisotopic (exact) mass is 869 g/mol. The first-order valence-electron chi connectivity index (χ1n) is 23.5. The molecule has 2 unspecified atom stereocenters. The average Bonchev–Trinajstić information content (AvgIpc) is 3.53. The van der Waals surface area contributed by atoms with Crippen molar-refractivity contribution in [2.45, 2.75) is 168 Å². The molecule has 14 heteroatoms. The minimum absolute atomic E-state index is 0.0602. The summed E-state index contributed by atoms with van der Waals surface area (Å²) in [6.07, 6.45) is 8.50. The predicted octanol–water partition coefficient (Wildman–Crippen LogP) is 7.63. The second-order valence-corrected chi connectivity index (χ2v) is 19.6. The van der Waals surface area contributed by atoms with Crippen LogP contribution in [0.1, 0.15) is 129 Å². The van der Waals surface area contributed by atoms with E-state index in [0.717, 1.165) is 115 Å². The Hall–Kier alpha value is -3.75. The number of hydrogen-bond donors (Lipinski definition) is 3. The molecule has 6 rings (SSSR count). The number of nitrogens with zero attached hydrogens (tertiary/aromatic N) is 4. The topological polar surface area (TPSA) is 148 Å². The standard InChI is InChI=1S/C24H38FN3O3.C24H39N3O4/c1-5-30-22-11-8-18-12-14-28(15-13-21(18)27-22)16-20(25)17-6-9-19(10-7-17)26-23(29)31-24(2,3)4;1-5-30-22-11-8-17-12-14-27(15-13-20(17)26-22)16-21(28)18-6-9-19(10-7-18)25-23(29)31-24(2,3)4/h8,11,17,19-20H,5-7,9-10,12-16H2,1-4H3,(H,26,29);8,11,18-19,21,28H,5-7,9-10,12-16H2,1-4H3,(H,25,29). The number of aliphatic hydroxyl groups is 1. The Morgan fingerprint density at radius 1 is 0.661 bits per heavy atom. The molecule has 0 radical (unpaired) electrons. The highest BCUT2D eigenvalue weighted by Gasteiger charge is 2.32. The van der Waals surface area contributed by atoms with Crippen LogP contribution in [0.4, 0.5) is 14.0 Å². The zero-order valence-corrected chi connectivity index (χ0v) is 39.0. The Morgan fingerprint density at radius 2 is 1.06 bits per heavy atom. The van der Waals surface area contributed by atoms with E-state index in [1.54, 1.807) is 0 Å². The lowest BCUT2D eigenvalue weighted by Gasteiger charge is -2.34. The second kappa shape index (κ2) is 23.3. The molecule has 0 bridgehead atoms. The Kier molecular flexibility index (Phi) is 18.5. The highest BCUT2D eigenvalue weighted by Crippen LogP contribution is 2.31. The summed E-state index contributed by atoms with van der Waals surface area (Å²) >= 11 is 0. The first-order chi connectivity index (χ1) is 29.5. The number of halogens is 1. The zero-order valence-electron chi connectivity index (χ0n) is 39.0. The van der Waals surface area contributed by atoms with Gasteiger partial charge < -0.3 is 39.6 Å². The first-order valence-corrected chi connectivity index (χ1v) is 23.5. The van der Waals surface area contributed by atoms with Gasteiger partial charge in [-0.2, -0.15) is 0 Å². The molecule has 13 nitrogen and oxygen atoms in total. The molecule has 2 amide bonds. The van der Waals surface area contributed by atoms with Crippen LogP contribution in [0, 0.1) is 11.8 Å². The summed E-state index contributed by atoms with van der Waals surface area (Å²) in [4.78, 5) is 37.8. The zero-order chi connectivity index (χ0) is 44.9. The van der Waals surface area contributed by atoms with Crippen molar-refractivity contribution in [1.29, 1.82) is 0 Å². The van der Waals surface area contributed by atoms with Gasteiger partial charge >= 0.3 is 12.2 Å². The molecule has 2 aliphatic heterocycles. The number of aromatic nitrogens is 2. The van der Waals surface area contributed by atoms with Gasteiger partial charge in [0.25, 0.3) is 0 Å². The van der Waals surface area contributed by atoms with Gasteiger partial charge in [0.1, 0.15) is 17.4 Å². The Morgan fingerprint density at radius 3 is 1.48 bits per heavy atom. The third-order valence-electron chi connectivity index (χ3n) is 12.3. The van der Waals surface area contributed by atoms with Gasteiger partial charge in [-0.15, -0.1) is 0 Å². The number of alkyl halides is 1. The number of β-amino-alcohol motifs (C(OH)–C–C–N with tert-alkyl or cyclic N) is 1. The van der Waals surface area contributed by atoms with E-state index in [0.29, 0.717) is 38.1 Å². The number of carbonyl (C=O) groups is 2. The van der Waals surface area contributed by atoms with Gasteiger partial charge in [-0.3, -0.25) is 4.90 Å². The van der Waals surface area contributed by atoms with Crippen molar-refractivity contribution in [2.24, 2.45) is 11.8 Å². The largest absolute Gasteiger partial charge is 0.478 e. The van der Waals surface area contributed by atoms with Crippen molar-refractivity contribution in [1.82, 2.24) is 30.4 Å². The van der Waals surface area contributed by atoms with E-state index in [-0.39, 0.29) is 42.2 Å². The minimum atomic E-state index is -0.837. The van der Waals surface area contributed by atoms with E-state index in [4.69, 9.17) is 18.9 Å². The van der Waals surface area contributed by atoms with Gasteiger partial charge in [-0.25, -0.2) is 23.9 Å². The molecule has 0 aromatic carbocycles. The van der Waals surface area contributed by atoms with Crippen molar-refractivity contribution in [3.05, 3.63) is 46.8 Å². The van der Waals surface area contributed by atoms with Crippen LogP contribution in [-0.2, 0) is 35.2 Å². The normalized spacial score (nSPS) is 23.4. The lowest BCUT2D eigenvalue weighted by molar-refractivity contribution is 0.0363. The van der Waals surface area contributed by atoms with E-state index >= 15 is 4.39 Å². The number of amides is 2. The molecule has 348 valence electrons. The van der Waals surface area contributed by atoms with Crippen molar-refractivity contribution in [3.8, 4) is 11.8 Å². The van der Waals surface area contributed by atoms with Crippen LogP contribution in [-0.4, -0.2) is 125 Å². The molecule has 3 N–H and O–H groups in total. The molecule has 0 saturated heterocycles. The van der Waals surface area contributed by atoms with Crippen LogP contribution in [0.5, 0.6) is 11.8 Å². The Labute approximate surface area is 370 Å². The summed E-state index contributed by atoms with van der Waals surface area (Å²) < 4.78 is 36.9. The summed E-state index contributed by atoms with van der Waals surface area (Å²) in [6, 6.07) is 8.33. The average molecular weight is 869 g/mol. The molecule has 2 saturated carbocycles. The SMILES string of the molecule is CCOc1ccc2c(n1)CCN(CC(F)C1CCC(NC(=O)OC(C)(C)C)CC1)CC2.CCOc1ccc2c(n1)CCN(CC(O)C1CCC(NC(=O)OC(C)(C)C)CC1)CC2. The minimum Gasteiger partial charge on any atom is -0.478 e. The van der Waals surface area contributed by atoms with Crippen LogP contribution in [0.2, 0.25) is 0 Å². The van der Waals surface area contributed by atoms with Crippen LogP contribution >= 0.6 is 0 Å². The maximum absolute atomic E-state index is 15.1. The molecule has 2 aromatic heterocycles. The molecule has 2 aromatic rings.